The standard InChI is InChI=1S/C7H7BrO3S.Na/c1-11-7-3-2-5(12(9)10)4-6(7)8;/h2-4H,1H3,(H,9,10);/q;+1/p-1. The zero-order chi connectivity index (χ0) is 9.14. The van der Waals surface area contributed by atoms with E-state index in [1.54, 1.807) is 6.07 Å². The maximum absolute atomic E-state index is 10.5. The van der Waals surface area contributed by atoms with Crippen LogP contribution in [0.4, 0.5) is 0 Å². The van der Waals surface area contributed by atoms with Gasteiger partial charge in [0.15, 0.2) is 0 Å². The fourth-order valence-electron chi connectivity index (χ4n) is 0.751. The van der Waals surface area contributed by atoms with Crippen molar-refractivity contribution in [2.24, 2.45) is 0 Å². The van der Waals surface area contributed by atoms with Crippen LogP contribution in [0.5, 0.6) is 5.75 Å². The van der Waals surface area contributed by atoms with Crippen LogP contribution in [-0.2, 0) is 11.1 Å². The fraction of sp³-hybridized carbons (Fsp3) is 0.143. The average molecular weight is 273 g/mol. The largest absolute Gasteiger partial charge is 1.00 e. The van der Waals surface area contributed by atoms with Gasteiger partial charge in [0, 0.05) is 4.90 Å². The van der Waals surface area contributed by atoms with Crippen LogP contribution in [-0.4, -0.2) is 15.9 Å². The van der Waals surface area contributed by atoms with Gasteiger partial charge in [-0.15, -0.1) is 0 Å². The van der Waals surface area contributed by atoms with E-state index in [1.807, 2.05) is 0 Å². The molecule has 0 aromatic heterocycles. The second-order valence-corrected chi connectivity index (χ2v) is 3.83. The van der Waals surface area contributed by atoms with Crippen LogP contribution in [0.2, 0.25) is 0 Å². The summed E-state index contributed by atoms with van der Waals surface area (Å²) in [5.74, 6) is 0.615. The van der Waals surface area contributed by atoms with E-state index in [0.29, 0.717) is 10.2 Å². The summed E-state index contributed by atoms with van der Waals surface area (Å²) in [7, 11) is 1.52. The number of benzene rings is 1. The molecule has 1 aromatic carbocycles. The Kier molecular flexibility index (Phi) is 6.45. The summed E-state index contributed by atoms with van der Waals surface area (Å²) in [5, 5.41) is 0. The van der Waals surface area contributed by atoms with Gasteiger partial charge in [0.05, 0.1) is 11.6 Å². The Morgan fingerprint density at radius 3 is 2.54 bits per heavy atom. The molecule has 0 aliphatic carbocycles. The first-order valence-electron chi connectivity index (χ1n) is 3.08. The number of hydrogen-bond donors (Lipinski definition) is 0. The molecule has 0 saturated carbocycles. The van der Waals surface area contributed by atoms with Crippen molar-refractivity contribution in [1.82, 2.24) is 0 Å². The molecule has 1 aromatic rings. The molecule has 3 nitrogen and oxygen atoms in total. The molecular formula is C7H6BrNaO3S. The van der Waals surface area contributed by atoms with Gasteiger partial charge in [-0.05, 0) is 45.2 Å². The first-order valence-corrected chi connectivity index (χ1v) is 4.94. The van der Waals surface area contributed by atoms with Crippen molar-refractivity contribution in [2.75, 3.05) is 7.11 Å². The third-order valence-corrected chi connectivity index (χ3v) is 2.57. The van der Waals surface area contributed by atoms with Crippen LogP contribution >= 0.6 is 15.9 Å². The number of rotatable bonds is 2. The van der Waals surface area contributed by atoms with Crippen molar-refractivity contribution in [2.45, 2.75) is 4.90 Å². The zero-order valence-corrected chi connectivity index (χ0v) is 11.6. The van der Waals surface area contributed by atoms with Gasteiger partial charge in [0.2, 0.25) is 0 Å². The number of ether oxygens (including phenoxy) is 1. The molecule has 0 bridgehead atoms. The summed E-state index contributed by atoms with van der Waals surface area (Å²) in [6.45, 7) is 0. The topological polar surface area (TPSA) is 49.4 Å². The maximum atomic E-state index is 10.5. The van der Waals surface area contributed by atoms with E-state index >= 15 is 0 Å². The Morgan fingerprint density at radius 2 is 2.15 bits per heavy atom. The first-order chi connectivity index (χ1) is 5.65. The third-order valence-electron chi connectivity index (χ3n) is 1.32. The molecule has 1 atom stereocenters. The molecular weight excluding hydrogens is 267 g/mol. The molecule has 0 saturated heterocycles. The molecule has 1 rings (SSSR count). The minimum absolute atomic E-state index is 0. The summed E-state index contributed by atoms with van der Waals surface area (Å²) >= 11 is 0.992. The molecule has 1 unspecified atom stereocenters. The molecule has 66 valence electrons. The van der Waals surface area contributed by atoms with Crippen LogP contribution in [0, 0.1) is 0 Å². The number of hydrogen-bond acceptors (Lipinski definition) is 3. The Bertz CT molecular complexity index is 319. The van der Waals surface area contributed by atoms with Gasteiger partial charge in [0.25, 0.3) is 0 Å². The average Bonchev–Trinajstić information content (AvgIpc) is 2.04. The Labute approximate surface area is 110 Å². The zero-order valence-electron chi connectivity index (χ0n) is 7.24. The van der Waals surface area contributed by atoms with E-state index in [-0.39, 0.29) is 34.5 Å². The van der Waals surface area contributed by atoms with Gasteiger partial charge in [-0.25, -0.2) is 0 Å². The summed E-state index contributed by atoms with van der Waals surface area (Å²) < 4.78 is 26.5. The predicted molar refractivity (Wildman–Crippen MR) is 47.9 cm³/mol. The van der Waals surface area contributed by atoms with Crippen molar-refractivity contribution in [3.05, 3.63) is 22.7 Å². The smallest absolute Gasteiger partial charge is 0.768 e. The van der Waals surface area contributed by atoms with Crippen molar-refractivity contribution in [3.8, 4) is 5.75 Å². The molecule has 0 N–H and O–H groups in total. The second kappa shape index (κ2) is 6.16. The van der Waals surface area contributed by atoms with E-state index in [2.05, 4.69) is 15.9 Å². The van der Waals surface area contributed by atoms with Crippen LogP contribution < -0.4 is 34.3 Å². The van der Waals surface area contributed by atoms with Gasteiger partial charge >= 0.3 is 29.6 Å². The Balaban J connectivity index is 0.00000144. The molecule has 0 aliphatic heterocycles. The predicted octanol–water partition coefficient (Wildman–Crippen LogP) is -1.30. The van der Waals surface area contributed by atoms with Crippen LogP contribution in [0.15, 0.2) is 27.6 Å². The summed E-state index contributed by atoms with van der Waals surface area (Å²) in [6, 6.07) is 4.56. The number of methoxy groups -OCH3 is 1. The minimum atomic E-state index is -2.19. The van der Waals surface area contributed by atoms with E-state index in [0.717, 1.165) is 0 Å². The molecule has 13 heavy (non-hydrogen) atoms. The van der Waals surface area contributed by atoms with Crippen LogP contribution in [0.1, 0.15) is 0 Å². The summed E-state index contributed by atoms with van der Waals surface area (Å²) in [4.78, 5) is 0.239. The minimum Gasteiger partial charge on any atom is -0.768 e. The fourth-order valence-corrected chi connectivity index (χ4v) is 1.84. The molecule has 0 aliphatic rings. The number of halogens is 1. The molecule has 0 amide bonds. The van der Waals surface area contributed by atoms with E-state index in [9.17, 15) is 8.76 Å². The summed E-state index contributed by atoms with van der Waals surface area (Å²) in [5.41, 5.74) is 0. The normalized spacial score (nSPS) is 11.6. The Morgan fingerprint density at radius 1 is 1.54 bits per heavy atom. The van der Waals surface area contributed by atoms with Gasteiger partial charge in [-0.3, -0.25) is 4.21 Å². The monoisotopic (exact) mass is 272 g/mol. The molecule has 0 spiro atoms. The second-order valence-electron chi connectivity index (χ2n) is 2.03. The van der Waals surface area contributed by atoms with E-state index in [4.69, 9.17) is 4.74 Å². The van der Waals surface area contributed by atoms with Gasteiger partial charge < -0.3 is 9.29 Å². The van der Waals surface area contributed by atoms with Crippen molar-refractivity contribution >= 4 is 27.0 Å². The molecule has 0 heterocycles. The van der Waals surface area contributed by atoms with Gasteiger partial charge in [-0.2, -0.15) is 0 Å². The summed E-state index contributed by atoms with van der Waals surface area (Å²) in [6.07, 6.45) is 0. The molecule has 0 radical (unpaired) electrons. The van der Waals surface area contributed by atoms with Crippen molar-refractivity contribution < 1.29 is 43.1 Å². The SMILES string of the molecule is COc1ccc(S(=O)[O-])cc1Br.[Na+]. The third kappa shape index (κ3) is 3.69. The van der Waals surface area contributed by atoms with Gasteiger partial charge in [-0.1, -0.05) is 0 Å². The van der Waals surface area contributed by atoms with Crippen LogP contribution in [0.25, 0.3) is 0 Å². The van der Waals surface area contributed by atoms with E-state index in [1.165, 1.54) is 19.2 Å². The first kappa shape index (κ1) is 13.6. The maximum Gasteiger partial charge on any atom is 1.00 e. The van der Waals surface area contributed by atoms with Crippen molar-refractivity contribution in [3.63, 3.8) is 0 Å². The Hall–Kier alpha value is 0.610. The van der Waals surface area contributed by atoms with E-state index < -0.39 is 11.1 Å². The van der Waals surface area contributed by atoms with Gasteiger partial charge in [0.1, 0.15) is 5.75 Å². The quantitative estimate of drug-likeness (QED) is 0.497. The molecule has 6 heteroatoms. The van der Waals surface area contributed by atoms with Crippen LogP contribution in [0.3, 0.4) is 0 Å². The van der Waals surface area contributed by atoms with Crippen molar-refractivity contribution in [1.29, 1.82) is 0 Å². The molecule has 0 fully saturated rings.